The second-order valence-corrected chi connectivity index (χ2v) is 3.09. The van der Waals surface area contributed by atoms with Crippen molar-refractivity contribution >= 4 is 11.7 Å². The summed E-state index contributed by atoms with van der Waals surface area (Å²) in [4.78, 5) is 10.6. The van der Waals surface area contributed by atoms with Gasteiger partial charge in [0.2, 0.25) is 0 Å². The molecule has 3 N–H and O–H groups in total. The Balaban J connectivity index is 2.08. The summed E-state index contributed by atoms with van der Waals surface area (Å²) in [5, 5.41) is 10.6. The highest BCUT2D eigenvalue weighted by molar-refractivity contribution is 5.90. The molecular weight excluding hydrogens is 168 g/mol. The smallest absolute Gasteiger partial charge is 0.269 e. The predicted octanol–water partition coefficient (Wildman–Crippen LogP) is 0.150. The Morgan fingerprint density at radius 2 is 2.23 bits per heavy atom. The molecule has 5 heteroatoms. The Hall–Kier alpha value is -1.65. The van der Waals surface area contributed by atoms with Crippen molar-refractivity contribution in [3.8, 4) is 0 Å². The molecule has 0 unspecified atom stereocenters. The van der Waals surface area contributed by atoms with Crippen LogP contribution in [0.15, 0.2) is 12.1 Å². The summed E-state index contributed by atoms with van der Waals surface area (Å²) in [5.74, 6) is 0.151. The second kappa shape index (κ2) is 3.01. The van der Waals surface area contributed by atoms with Gasteiger partial charge in [0.1, 0.15) is 5.82 Å². The number of hydrogen-bond acceptors (Lipinski definition) is 4. The van der Waals surface area contributed by atoms with Crippen LogP contribution in [-0.2, 0) is 0 Å². The SMILES string of the molecule is NC(=O)c1ccc(NC2CC2)nn1. The highest BCUT2D eigenvalue weighted by Gasteiger charge is 2.21. The first-order chi connectivity index (χ1) is 6.25. The highest BCUT2D eigenvalue weighted by atomic mass is 16.1. The number of nitrogens with zero attached hydrogens (tertiary/aromatic N) is 2. The van der Waals surface area contributed by atoms with Gasteiger partial charge in [0.15, 0.2) is 5.69 Å². The lowest BCUT2D eigenvalue weighted by Crippen LogP contribution is -2.14. The average Bonchev–Trinajstić information content (AvgIpc) is 2.89. The van der Waals surface area contributed by atoms with Crippen LogP contribution < -0.4 is 11.1 Å². The molecule has 0 aromatic carbocycles. The van der Waals surface area contributed by atoms with Gasteiger partial charge in [-0.15, -0.1) is 10.2 Å². The number of carbonyl (C=O) groups is 1. The number of hydrogen-bond donors (Lipinski definition) is 2. The maximum atomic E-state index is 10.6. The molecule has 1 fully saturated rings. The Bertz CT molecular complexity index is 317. The molecule has 0 radical (unpaired) electrons. The van der Waals surface area contributed by atoms with Crippen molar-refractivity contribution in [2.75, 3.05) is 5.32 Å². The number of rotatable bonds is 3. The van der Waals surface area contributed by atoms with Crippen molar-refractivity contribution in [2.45, 2.75) is 18.9 Å². The van der Waals surface area contributed by atoms with Crippen LogP contribution in [0.2, 0.25) is 0 Å². The molecule has 0 spiro atoms. The summed E-state index contributed by atoms with van der Waals surface area (Å²) in [7, 11) is 0. The van der Waals surface area contributed by atoms with Gasteiger partial charge in [-0.25, -0.2) is 0 Å². The van der Waals surface area contributed by atoms with Gasteiger partial charge < -0.3 is 11.1 Å². The Kier molecular flexibility index (Phi) is 1.84. The van der Waals surface area contributed by atoms with Crippen molar-refractivity contribution in [3.05, 3.63) is 17.8 Å². The van der Waals surface area contributed by atoms with E-state index >= 15 is 0 Å². The lowest BCUT2D eigenvalue weighted by atomic mass is 10.4. The standard InChI is InChI=1S/C8H10N4O/c9-8(13)6-3-4-7(12-11-6)10-5-1-2-5/h3-5H,1-2H2,(H2,9,13)(H,10,12). The first kappa shape index (κ1) is 7.97. The summed E-state index contributed by atoms with van der Waals surface area (Å²) in [6.45, 7) is 0. The molecule has 1 aromatic rings. The fraction of sp³-hybridized carbons (Fsp3) is 0.375. The summed E-state index contributed by atoms with van der Waals surface area (Å²) in [6, 6.07) is 3.82. The molecule has 1 aromatic heterocycles. The van der Waals surface area contributed by atoms with E-state index in [2.05, 4.69) is 15.5 Å². The van der Waals surface area contributed by atoms with Gasteiger partial charge >= 0.3 is 0 Å². The minimum Gasteiger partial charge on any atom is -0.366 e. The van der Waals surface area contributed by atoms with Crippen LogP contribution in [0.4, 0.5) is 5.82 Å². The molecule has 0 aliphatic heterocycles. The molecule has 5 nitrogen and oxygen atoms in total. The number of amides is 1. The number of anilines is 1. The maximum Gasteiger partial charge on any atom is 0.269 e. The molecule has 1 aliphatic carbocycles. The number of carbonyl (C=O) groups excluding carboxylic acids is 1. The van der Waals surface area contributed by atoms with E-state index in [0.717, 1.165) is 0 Å². The van der Waals surface area contributed by atoms with Crippen molar-refractivity contribution in [3.63, 3.8) is 0 Å². The maximum absolute atomic E-state index is 10.6. The minimum absolute atomic E-state index is 0.196. The van der Waals surface area contributed by atoms with Gasteiger partial charge in [-0.05, 0) is 25.0 Å². The van der Waals surface area contributed by atoms with Crippen molar-refractivity contribution in [1.29, 1.82) is 0 Å². The van der Waals surface area contributed by atoms with Crippen LogP contribution in [0.25, 0.3) is 0 Å². The minimum atomic E-state index is -0.550. The third-order valence-corrected chi connectivity index (χ3v) is 1.85. The lowest BCUT2D eigenvalue weighted by molar-refractivity contribution is 0.0994. The fourth-order valence-corrected chi connectivity index (χ4v) is 0.977. The third kappa shape index (κ3) is 1.93. The average molecular weight is 178 g/mol. The molecule has 13 heavy (non-hydrogen) atoms. The summed E-state index contributed by atoms with van der Waals surface area (Å²) >= 11 is 0. The lowest BCUT2D eigenvalue weighted by Gasteiger charge is -2.01. The summed E-state index contributed by atoms with van der Waals surface area (Å²) in [6.07, 6.45) is 2.36. The predicted molar refractivity (Wildman–Crippen MR) is 47.2 cm³/mol. The van der Waals surface area contributed by atoms with Gasteiger partial charge in [-0.2, -0.15) is 0 Å². The monoisotopic (exact) mass is 178 g/mol. The van der Waals surface area contributed by atoms with Gasteiger partial charge in [0, 0.05) is 6.04 Å². The number of aromatic nitrogens is 2. The third-order valence-electron chi connectivity index (χ3n) is 1.85. The van der Waals surface area contributed by atoms with Crippen molar-refractivity contribution < 1.29 is 4.79 Å². The van der Waals surface area contributed by atoms with E-state index in [1.165, 1.54) is 12.8 Å². The van der Waals surface area contributed by atoms with E-state index in [-0.39, 0.29) is 5.69 Å². The van der Waals surface area contributed by atoms with Crippen LogP contribution in [0, 0.1) is 0 Å². The van der Waals surface area contributed by atoms with E-state index in [4.69, 9.17) is 5.73 Å². The quantitative estimate of drug-likeness (QED) is 0.690. The second-order valence-electron chi connectivity index (χ2n) is 3.09. The topological polar surface area (TPSA) is 80.9 Å². The molecule has 0 bridgehead atoms. The van der Waals surface area contributed by atoms with E-state index in [1.807, 2.05) is 0 Å². The zero-order valence-electron chi connectivity index (χ0n) is 7.03. The van der Waals surface area contributed by atoms with Gasteiger partial charge in [0.05, 0.1) is 0 Å². The zero-order valence-corrected chi connectivity index (χ0v) is 7.03. The molecule has 0 atom stereocenters. The van der Waals surface area contributed by atoms with E-state index in [0.29, 0.717) is 11.9 Å². The largest absolute Gasteiger partial charge is 0.366 e. The fourth-order valence-electron chi connectivity index (χ4n) is 0.977. The van der Waals surface area contributed by atoms with Crippen LogP contribution in [0.1, 0.15) is 23.3 Å². The van der Waals surface area contributed by atoms with Crippen LogP contribution in [0.3, 0.4) is 0 Å². The number of nitrogens with two attached hydrogens (primary N) is 1. The van der Waals surface area contributed by atoms with Crippen molar-refractivity contribution in [2.24, 2.45) is 5.73 Å². The Morgan fingerprint density at radius 3 is 2.69 bits per heavy atom. The van der Waals surface area contributed by atoms with Crippen LogP contribution >= 0.6 is 0 Å². The summed E-state index contributed by atoms with van der Waals surface area (Å²) in [5.41, 5.74) is 5.21. The Morgan fingerprint density at radius 1 is 1.46 bits per heavy atom. The highest BCUT2D eigenvalue weighted by Crippen LogP contribution is 2.23. The first-order valence-corrected chi connectivity index (χ1v) is 4.16. The molecule has 1 saturated carbocycles. The Labute approximate surface area is 75.3 Å². The van der Waals surface area contributed by atoms with Crippen LogP contribution in [0.5, 0.6) is 0 Å². The molecule has 1 heterocycles. The molecular formula is C8H10N4O. The number of primary amides is 1. The normalized spacial score (nSPS) is 15.4. The molecule has 2 rings (SSSR count). The van der Waals surface area contributed by atoms with Crippen molar-refractivity contribution in [1.82, 2.24) is 10.2 Å². The molecule has 1 aliphatic rings. The van der Waals surface area contributed by atoms with Gasteiger partial charge in [0.25, 0.3) is 5.91 Å². The summed E-state index contributed by atoms with van der Waals surface area (Å²) < 4.78 is 0. The van der Waals surface area contributed by atoms with E-state index in [9.17, 15) is 4.79 Å². The molecule has 0 saturated heterocycles. The van der Waals surface area contributed by atoms with E-state index in [1.54, 1.807) is 12.1 Å². The zero-order chi connectivity index (χ0) is 9.26. The van der Waals surface area contributed by atoms with Gasteiger partial charge in [-0.1, -0.05) is 0 Å². The van der Waals surface area contributed by atoms with Gasteiger partial charge in [-0.3, -0.25) is 4.79 Å². The van der Waals surface area contributed by atoms with E-state index < -0.39 is 5.91 Å². The molecule has 1 amide bonds. The first-order valence-electron chi connectivity index (χ1n) is 4.16. The number of nitrogens with one attached hydrogen (secondary N) is 1. The molecule has 68 valence electrons. The van der Waals surface area contributed by atoms with Crippen LogP contribution in [-0.4, -0.2) is 22.1 Å².